The molecular formula is C25H20N8O3. The Hall–Kier alpha value is -5.32. The number of urea groups is 1. The van der Waals surface area contributed by atoms with Crippen molar-refractivity contribution in [3.8, 4) is 17.0 Å². The van der Waals surface area contributed by atoms with E-state index < -0.39 is 12.0 Å². The molecule has 4 N–H and O–H groups in total. The normalized spacial score (nSPS) is 10.7. The van der Waals surface area contributed by atoms with Crippen LogP contribution in [-0.4, -0.2) is 36.8 Å². The van der Waals surface area contributed by atoms with E-state index in [0.717, 1.165) is 5.56 Å². The standard InChI is InChI=1S/C25H20N8O3/c1-15-13-22-27-14-17(23(26)33(22)32-15)24(34)36-20-10-6-5-9-19(20)28-25(35)29-21-12-11-18(30-31-21)16-7-3-2-4-8-16/h2-14H,26H2,1H3,(H2,28,29,31,35). The molecule has 2 amide bonds. The van der Waals surface area contributed by atoms with Gasteiger partial charge in [-0.1, -0.05) is 42.5 Å². The van der Waals surface area contributed by atoms with Crippen LogP contribution in [0, 0.1) is 6.92 Å². The highest BCUT2D eigenvalue weighted by Gasteiger charge is 2.19. The van der Waals surface area contributed by atoms with Crippen molar-refractivity contribution in [3.63, 3.8) is 0 Å². The first-order chi connectivity index (χ1) is 17.5. The summed E-state index contributed by atoms with van der Waals surface area (Å²) in [4.78, 5) is 29.6. The van der Waals surface area contributed by atoms with Crippen LogP contribution in [0.2, 0.25) is 0 Å². The first-order valence-electron chi connectivity index (χ1n) is 10.9. The summed E-state index contributed by atoms with van der Waals surface area (Å²) < 4.78 is 6.88. The summed E-state index contributed by atoms with van der Waals surface area (Å²) in [6.07, 6.45) is 1.33. The Labute approximate surface area is 205 Å². The fourth-order valence-corrected chi connectivity index (χ4v) is 3.47. The number of esters is 1. The van der Waals surface area contributed by atoms with Crippen LogP contribution in [0.1, 0.15) is 16.1 Å². The monoisotopic (exact) mass is 480 g/mol. The summed E-state index contributed by atoms with van der Waals surface area (Å²) in [7, 11) is 0. The van der Waals surface area contributed by atoms with E-state index in [1.54, 1.807) is 49.4 Å². The minimum absolute atomic E-state index is 0.0404. The van der Waals surface area contributed by atoms with Crippen molar-refractivity contribution in [1.29, 1.82) is 0 Å². The molecule has 3 heterocycles. The fourth-order valence-electron chi connectivity index (χ4n) is 3.47. The summed E-state index contributed by atoms with van der Waals surface area (Å²) in [6.45, 7) is 1.79. The quantitative estimate of drug-likeness (QED) is 0.253. The Morgan fingerprint density at radius 2 is 1.72 bits per heavy atom. The lowest BCUT2D eigenvalue weighted by atomic mass is 10.1. The molecule has 0 saturated carbocycles. The van der Waals surface area contributed by atoms with Crippen molar-refractivity contribution in [3.05, 3.63) is 90.3 Å². The number of benzene rings is 2. The third kappa shape index (κ3) is 4.66. The molecule has 0 spiro atoms. The molecule has 11 nitrogen and oxygen atoms in total. The smallest absolute Gasteiger partial charge is 0.348 e. The van der Waals surface area contributed by atoms with E-state index >= 15 is 0 Å². The minimum Gasteiger partial charge on any atom is -0.421 e. The van der Waals surface area contributed by atoms with Crippen molar-refractivity contribution >= 4 is 35.0 Å². The van der Waals surface area contributed by atoms with Gasteiger partial charge in [-0.25, -0.2) is 14.6 Å². The lowest BCUT2D eigenvalue weighted by molar-refractivity contribution is 0.0736. The molecule has 178 valence electrons. The van der Waals surface area contributed by atoms with E-state index in [9.17, 15) is 9.59 Å². The highest BCUT2D eigenvalue weighted by atomic mass is 16.5. The van der Waals surface area contributed by atoms with E-state index in [2.05, 4.69) is 30.9 Å². The number of aryl methyl sites for hydroxylation is 1. The van der Waals surface area contributed by atoms with E-state index in [1.165, 1.54) is 10.7 Å². The van der Waals surface area contributed by atoms with Crippen molar-refractivity contribution in [2.24, 2.45) is 0 Å². The number of carbonyl (C=O) groups is 2. The molecule has 0 unspecified atom stereocenters. The predicted octanol–water partition coefficient (Wildman–Crippen LogP) is 3.94. The minimum atomic E-state index is -0.743. The van der Waals surface area contributed by atoms with Gasteiger partial charge in [0.2, 0.25) is 0 Å². The Morgan fingerprint density at radius 3 is 2.50 bits per heavy atom. The predicted molar refractivity (Wildman–Crippen MR) is 134 cm³/mol. The van der Waals surface area contributed by atoms with Crippen LogP contribution in [0.3, 0.4) is 0 Å². The summed E-state index contributed by atoms with van der Waals surface area (Å²) in [5.74, 6) is -0.270. The van der Waals surface area contributed by atoms with Crippen LogP contribution in [0.4, 0.5) is 22.1 Å². The summed E-state index contributed by atoms with van der Waals surface area (Å²) in [5, 5.41) is 17.7. The number of hydrogen-bond donors (Lipinski definition) is 3. The van der Waals surface area contributed by atoms with Gasteiger partial charge in [-0.15, -0.1) is 10.2 Å². The van der Waals surface area contributed by atoms with Gasteiger partial charge in [0.15, 0.2) is 17.2 Å². The molecular weight excluding hydrogens is 460 g/mol. The number of aromatic nitrogens is 5. The van der Waals surface area contributed by atoms with Gasteiger partial charge in [0, 0.05) is 17.8 Å². The maximum atomic E-state index is 12.8. The second-order valence-electron chi connectivity index (χ2n) is 7.75. The highest BCUT2D eigenvalue weighted by molar-refractivity contribution is 6.01. The van der Waals surface area contributed by atoms with Gasteiger partial charge in [0.25, 0.3) is 0 Å². The molecule has 5 aromatic rings. The zero-order valence-corrected chi connectivity index (χ0v) is 19.0. The lowest BCUT2D eigenvalue weighted by Crippen LogP contribution is -2.21. The molecule has 11 heteroatoms. The Bertz CT molecular complexity index is 1570. The number of anilines is 3. The first kappa shape index (κ1) is 22.5. The molecule has 0 radical (unpaired) electrons. The zero-order chi connectivity index (χ0) is 25.1. The molecule has 2 aromatic carbocycles. The molecule has 36 heavy (non-hydrogen) atoms. The maximum absolute atomic E-state index is 12.8. The van der Waals surface area contributed by atoms with Crippen molar-refractivity contribution in [1.82, 2.24) is 24.8 Å². The number of ether oxygens (including phenoxy) is 1. The second-order valence-corrected chi connectivity index (χ2v) is 7.75. The lowest BCUT2D eigenvalue weighted by Gasteiger charge is -2.12. The van der Waals surface area contributed by atoms with Gasteiger partial charge in [-0.3, -0.25) is 5.32 Å². The van der Waals surface area contributed by atoms with Gasteiger partial charge in [-0.05, 0) is 31.2 Å². The first-order valence-corrected chi connectivity index (χ1v) is 10.9. The van der Waals surface area contributed by atoms with Crippen molar-refractivity contribution < 1.29 is 14.3 Å². The van der Waals surface area contributed by atoms with Gasteiger partial charge in [-0.2, -0.15) is 9.61 Å². The SMILES string of the molecule is Cc1cc2ncc(C(=O)Oc3ccccc3NC(=O)Nc3ccc(-c4ccccc4)nn3)c(N)n2n1. The number of carbonyl (C=O) groups excluding carboxylic acids is 2. The van der Waals surface area contributed by atoms with E-state index in [4.69, 9.17) is 10.5 Å². The third-order valence-corrected chi connectivity index (χ3v) is 5.18. The number of nitrogens with zero attached hydrogens (tertiary/aromatic N) is 5. The molecule has 0 atom stereocenters. The van der Waals surface area contributed by atoms with Crippen LogP contribution < -0.4 is 21.1 Å². The third-order valence-electron chi connectivity index (χ3n) is 5.18. The van der Waals surface area contributed by atoms with E-state index in [1.807, 2.05) is 30.3 Å². The van der Waals surface area contributed by atoms with E-state index in [0.29, 0.717) is 17.0 Å². The van der Waals surface area contributed by atoms with Crippen LogP contribution >= 0.6 is 0 Å². The van der Waals surface area contributed by atoms with Gasteiger partial charge >= 0.3 is 12.0 Å². The topological polar surface area (TPSA) is 149 Å². The largest absolute Gasteiger partial charge is 0.421 e. The van der Waals surface area contributed by atoms with Crippen LogP contribution in [0.5, 0.6) is 5.75 Å². The number of nitrogens with two attached hydrogens (primary N) is 1. The molecule has 0 fully saturated rings. The summed E-state index contributed by atoms with van der Waals surface area (Å²) in [5.41, 5.74) is 9.22. The molecule has 5 rings (SSSR count). The average molecular weight is 480 g/mol. The molecule has 0 aliphatic rings. The summed E-state index contributed by atoms with van der Waals surface area (Å²) >= 11 is 0. The number of hydrogen-bond acceptors (Lipinski definition) is 8. The van der Waals surface area contributed by atoms with E-state index in [-0.39, 0.29) is 28.6 Å². The Kier molecular flexibility index (Phi) is 5.93. The Balaban J connectivity index is 1.28. The number of nitrogens with one attached hydrogen (secondary N) is 2. The van der Waals surface area contributed by atoms with Gasteiger partial charge in [0.1, 0.15) is 11.4 Å². The molecule has 0 bridgehead atoms. The molecule has 0 saturated heterocycles. The fraction of sp³-hybridized carbons (Fsp3) is 0.0400. The Morgan fingerprint density at radius 1 is 0.944 bits per heavy atom. The second kappa shape index (κ2) is 9.50. The highest BCUT2D eigenvalue weighted by Crippen LogP contribution is 2.26. The number of para-hydroxylation sites is 2. The number of rotatable bonds is 5. The summed E-state index contributed by atoms with van der Waals surface area (Å²) in [6, 6.07) is 20.6. The van der Waals surface area contributed by atoms with Gasteiger partial charge < -0.3 is 15.8 Å². The van der Waals surface area contributed by atoms with Crippen LogP contribution in [0.15, 0.2) is 79.0 Å². The van der Waals surface area contributed by atoms with Crippen LogP contribution in [0.25, 0.3) is 16.9 Å². The number of amides is 2. The number of nitrogen functional groups attached to an aromatic ring is 1. The average Bonchev–Trinajstić information content (AvgIpc) is 3.27. The number of fused-ring (bicyclic) bond motifs is 1. The van der Waals surface area contributed by atoms with Crippen molar-refractivity contribution in [2.45, 2.75) is 6.92 Å². The maximum Gasteiger partial charge on any atom is 0.348 e. The molecule has 0 aliphatic carbocycles. The zero-order valence-electron chi connectivity index (χ0n) is 19.0. The molecule has 0 aliphatic heterocycles. The van der Waals surface area contributed by atoms with Gasteiger partial charge in [0.05, 0.1) is 17.1 Å². The van der Waals surface area contributed by atoms with Crippen LogP contribution in [-0.2, 0) is 0 Å². The molecule has 3 aromatic heterocycles. The van der Waals surface area contributed by atoms with Crippen molar-refractivity contribution in [2.75, 3.05) is 16.4 Å².